The van der Waals surface area contributed by atoms with Crippen LogP contribution in [0.25, 0.3) is 0 Å². The highest BCUT2D eigenvalue weighted by Crippen LogP contribution is 2.06. The van der Waals surface area contributed by atoms with Crippen LogP contribution in [-0.4, -0.2) is 22.8 Å². The van der Waals surface area contributed by atoms with Crippen LogP contribution in [0.15, 0.2) is 24.5 Å². The van der Waals surface area contributed by atoms with E-state index in [1.54, 1.807) is 19.3 Å². The Bertz CT molecular complexity index is 432. The monoisotopic (exact) mass is 277 g/mol. The van der Waals surface area contributed by atoms with Gasteiger partial charge in [-0.15, -0.1) is 0 Å². The zero-order valence-electron chi connectivity index (χ0n) is 12.3. The molecule has 1 rings (SSSR count). The highest BCUT2D eigenvalue weighted by Gasteiger charge is 2.20. The van der Waals surface area contributed by atoms with Gasteiger partial charge in [0, 0.05) is 25.4 Å². The van der Waals surface area contributed by atoms with Crippen molar-refractivity contribution in [2.45, 2.75) is 46.2 Å². The SMILES string of the molecule is CCC(=O)N[C@H](CC(C)C)C(=O)NCc1cccnc1. The molecule has 1 aromatic rings. The maximum Gasteiger partial charge on any atom is 0.242 e. The van der Waals surface area contributed by atoms with Gasteiger partial charge in [0.25, 0.3) is 0 Å². The van der Waals surface area contributed by atoms with Crippen molar-refractivity contribution in [3.63, 3.8) is 0 Å². The van der Waals surface area contributed by atoms with Gasteiger partial charge in [-0.2, -0.15) is 0 Å². The molecule has 0 saturated heterocycles. The van der Waals surface area contributed by atoms with E-state index in [0.29, 0.717) is 25.3 Å². The van der Waals surface area contributed by atoms with Crippen molar-refractivity contribution in [2.75, 3.05) is 0 Å². The third kappa shape index (κ3) is 5.82. The summed E-state index contributed by atoms with van der Waals surface area (Å²) in [6, 6.07) is 3.25. The van der Waals surface area contributed by atoms with Crippen molar-refractivity contribution >= 4 is 11.8 Å². The number of amides is 2. The lowest BCUT2D eigenvalue weighted by atomic mass is 10.0. The molecule has 0 bridgehead atoms. The highest BCUT2D eigenvalue weighted by molar-refractivity contribution is 5.87. The molecular formula is C15H23N3O2. The third-order valence-electron chi connectivity index (χ3n) is 2.87. The van der Waals surface area contributed by atoms with Gasteiger partial charge in [0.05, 0.1) is 0 Å². The third-order valence-corrected chi connectivity index (χ3v) is 2.87. The number of hydrogen-bond donors (Lipinski definition) is 2. The Morgan fingerprint density at radius 2 is 2.10 bits per heavy atom. The summed E-state index contributed by atoms with van der Waals surface area (Å²) >= 11 is 0. The Hall–Kier alpha value is -1.91. The smallest absolute Gasteiger partial charge is 0.242 e. The van der Waals surface area contributed by atoms with E-state index in [1.807, 2.05) is 26.0 Å². The van der Waals surface area contributed by atoms with E-state index in [1.165, 1.54) is 0 Å². The minimum Gasteiger partial charge on any atom is -0.350 e. The summed E-state index contributed by atoms with van der Waals surface area (Å²) in [5.74, 6) is 0.0813. The van der Waals surface area contributed by atoms with Crippen molar-refractivity contribution in [2.24, 2.45) is 5.92 Å². The Morgan fingerprint density at radius 3 is 2.65 bits per heavy atom. The molecule has 2 amide bonds. The minimum atomic E-state index is -0.473. The molecule has 0 unspecified atom stereocenters. The van der Waals surface area contributed by atoms with E-state index in [9.17, 15) is 9.59 Å². The number of nitrogens with one attached hydrogen (secondary N) is 2. The molecule has 0 aliphatic rings. The number of hydrogen-bond acceptors (Lipinski definition) is 3. The number of rotatable bonds is 7. The van der Waals surface area contributed by atoms with Crippen LogP contribution in [0.4, 0.5) is 0 Å². The van der Waals surface area contributed by atoms with Gasteiger partial charge in [0.2, 0.25) is 11.8 Å². The van der Waals surface area contributed by atoms with Crippen LogP contribution in [0.2, 0.25) is 0 Å². The van der Waals surface area contributed by atoms with Gasteiger partial charge in [-0.05, 0) is 24.0 Å². The van der Waals surface area contributed by atoms with E-state index < -0.39 is 6.04 Å². The number of carbonyl (C=O) groups excluding carboxylic acids is 2. The maximum atomic E-state index is 12.2. The quantitative estimate of drug-likeness (QED) is 0.796. The molecule has 0 saturated carbocycles. The molecule has 5 heteroatoms. The van der Waals surface area contributed by atoms with E-state index in [4.69, 9.17) is 0 Å². The zero-order valence-corrected chi connectivity index (χ0v) is 12.3. The first-order chi connectivity index (χ1) is 9.52. The first-order valence-corrected chi connectivity index (χ1v) is 6.98. The summed E-state index contributed by atoms with van der Waals surface area (Å²) in [5, 5.41) is 5.61. The summed E-state index contributed by atoms with van der Waals surface area (Å²) in [6.45, 7) is 6.25. The summed E-state index contributed by atoms with van der Waals surface area (Å²) in [6.07, 6.45) is 4.41. The van der Waals surface area contributed by atoms with Crippen molar-refractivity contribution in [3.05, 3.63) is 30.1 Å². The first kappa shape index (κ1) is 16.1. The number of nitrogens with zero attached hydrogens (tertiary/aromatic N) is 1. The van der Waals surface area contributed by atoms with Crippen LogP contribution >= 0.6 is 0 Å². The molecule has 1 atom stereocenters. The Balaban J connectivity index is 2.56. The van der Waals surface area contributed by atoms with Gasteiger partial charge in [-0.3, -0.25) is 14.6 Å². The van der Waals surface area contributed by atoms with Crippen molar-refractivity contribution in [3.8, 4) is 0 Å². The van der Waals surface area contributed by atoms with Crippen molar-refractivity contribution in [1.82, 2.24) is 15.6 Å². The van der Waals surface area contributed by atoms with Crippen LogP contribution in [0.3, 0.4) is 0 Å². The van der Waals surface area contributed by atoms with Crippen LogP contribution in [-0.2, 0) is 16.1 Å². The molecular weight excluding hydrogens is 254 g/mol. The number of pyridine rings is 1. The zero-order chi connectivity index (χ0) is 15.0. The molecule has 1 heterocycles. The Morgan fingerprint density at radius 1 is 1.35 bits per heavy atom. The van der Waals surface area contributed by atoms with Gasteiger partial charge in [0.1, 0.15) is 6.04 Å². The number of aromatic nitrogens is 1. The van der Waals surface area contributed by atoms with Crippen molar-refractivity contribution in [1.29, 1.82) is 0 Å². The molecule has 0 radical (unpaired) electrons. The second kappa shape index (κ2) is 8.30. The molecule has 0 aromatic carbocycles. The van der Waals surface area contributed by atoms with Gasteiger partial charge in [-0.25, -0.2) is 0 Å². The standard InChI is InChI=1S/C15H23N3O2/c1-4-14(19)18-13(8-11(2)3)15(20)17-10-12-6-5-7-16-9-12/h5-7,9,11,13H,4,8,10H2,1-3H3,(H,17,20)(H,18,19)/t13-/m1/s1. The predicted octanol–water partition coefficient (Wildman–Crippen LogP) is 1.64. The lowest BCUT2D eigenvalue weighted by molar-refractivity contribution is -0.129. The van der Waals surface area contributed by atoms with E-state index in [2.05, 4.69) is 15.6 Å². The fraction of sp³-hybridized carbons (Fsp3) is 0.533. The normalized spacial score (nSPS) is 12.0. The summed E-state index contributed by atoms with van der Waals surface area (Å²) in [4.78, 5) is 27.6. The average molecular weight is 277 g/mol. The van der Waals surface area contributed by atoms with Crippen LogP contribution in [0.1, 0.15) is 39.2 Å². The predicted molar refractivity (Wildman–Crippen MR) is 77.8 cm³/mol. The lowest BCUT2D eigenvalue weighted by Crippen LogP contribution is -2.47. The fourth-order valence-electron chi connectivity index (χ4n) is 1.81. The minimum absolute atomic E-state index is 0.104. The van der Waals surface area contributed by atoms with E-state index >= 15 is 0 Å². The van der Waals surface area contributed by atoms with Gasteiger partial charge >= 0.3 is 0 Å². The highest BCUT2D eigenvalue weighted by atomic mass is 16.2. The second-order valence-corrected chi connectivity index (χ2v) is 5.18. The Kier molecular flexibility index (Phi) is 6.70. The molecule has 5 nitrogen and oxygen atoms in total. The maximum absolute atomic E-state index is 12.2. The van der Waals surface area contributed by atoms with Gasteiger partial charge < -0.3 is 10.6 Å². The largest absolute Gasteiger partial charge is 0.350 e. The van der Waals surface area contributed by atoms with Gasteiger partial charge in [-0.1, -0.05) is 26.8 Å². The first-order valence-electron chi connectivity index (χ1n) is 6.98. The average Bonchev–Trinajstić information content (AvgIpc) is 2.44. The summed E-state index contributed by atoms with van der Waals surface area (Å²) in [5.41, 5.74) is 0.936. The molecule has 110 valence electrons. The van der Waals surface area contributed by atoms with E-state index in [0.717, 1.165) is 5.56 Å². The Labute approximate surface area is 120 Å². The van der Waals surface area contributed by atoms with Crippen LogP contribution in [0, 0.1) is 5.92 Å². The van der Waals surface area contributed by atoms with Crippen molar-refractivity contribution < 1.29 is 9.59 Å². The van der Waals surface area contributed by atoms with Crippen LogP contribution in [0.5, 0.6) is 0 Å². The molecule has 2 N–H and O–H groups in total. The molecule has 0 spiro atoms. The van der Waals surface area contributed by atoms with Gasteiger partial charge in [0.15, 0.2) is 0 Å². The molecule has 20 heavy (non-hydrogen) atoms. The molecule has 0 aliphatic heterocycles. The topological polar surface area (TPSA) is 71.1 Å². The number of carbonyl (C=O) groups is 2. The van der Waals surface area contributed by atoms with Crippen LogP contribution < -0.4 is 10.6 Å². The molecule has 0 aliphatic carbocycles. The molecule has 0 fully saturated rings. The van der Waals surface area contributed by atoms with E-state index in [-0.39, 0.29) is 11.8 Å². The molecule has 1 aromatic heterocycles. The summed E-state index contributed by atoms with van der Waals surface area (Å²) < 4.78 is 0. The lowest BCUT2D eigenvalue weighted by Gasteiger charge is -2.20. The second-order valence-electron chi connectivity index (χ2n) is 5.18. The fourth-order valence-corrected chi connectivity index (χ4v) is 1.81. The summed E-state index contributed by atoms with van der Waals surface area (Å²) in [7, 11) is 0.